The highest BCUT2D eigenvalue weighted by Gasteiger charge is 2.19. The minimum Gasteiger partial charge on any atom is -0.370 e. The fourth-order valence-electron chi connectivity index (χ4n) is 2.77. The number of benzene rings is 1. The van der Waals surface area contributed by atoms with Gasteiger partial charge in [-0.3, -0.25) is 4.79 Å². The van der Waals surface area contributed by atoms with E-state index in [4.69, 9.17) is 6.42 Å². The van der Waals surface area contributed by atoms with Gasteiger partial charge in [0.1, 0.15) is 0 Å². The Labute approximate surface area is 136 Å². The molecule has 0 unspecified atom stereocenters. The number of nitrogens with zero attached hydrogens (tertiary/aromatic N) is 2. The highest BCUT2D eigenvalue weighted by Crippen LogP contribution is 2.20. The number of hydrogen-bond donors (Lipinski definition) is 0. The number of anilines is 1. The summed E-state index contributed by atoms with van der Waals surface area (Å²) in [5.41, 5.74) is 0.659. The van der Waals surface area contributed by atoms with E-state index in [9.17, 15) is 13.6 Å². The highest BCUT2D eigenvalue weighted by atomic mass is 19.2. The van der Waals surface area contributed by atoms with Crippen molar-refractivity contribution in [2.75, 3.05) is 31.1 Å². The van der Waals surface area contributed by atoms with Crippen LogP contribution in [0.4, 0.5) is 14.5 Å². The third kappa shape index (κ3) is 4.95. The Kier molecular flexibility index (Phi) is 6.40. The topological polar surface area (TPSA) is 23.6 Å². The molecule has 1 aromatic carbocycles. The predicted octanol–water partition coefficient (Wildman–Crippen LogP) is 3.20. The van der Waals surface area contributed by atoms with Crippen molar-refractivity contribution in [2.24, 2.45) is 0 Å². The molecule has 1 fully saturated rings. The molecule has 124 valence electrons. The first kappa shape index (κ1) is 17.3. The van der Waals surface area contributed by atoms with Crippen molar-refractivity contribution in [3.8, 4) is 12.3 Å². The van der Waals surface area contributed by atoms with Crippen molar-refractivity contribution in [2.45, 2.75) is 32.1 Å². The lowest BCUT2D eigenvalue weighted by Gasteiger charge is -2.24. The van der Waals surface area contributed by atoms with Crippen LogP contribution < -0.4 is 4.90 Å². The van der Waals surface area contributed by atoms with Gasteiger partial charge in [-0.05, 0) is 31.4 Å². The minimum absolute atomic E-state index is 0.147. The number of halogens is 2. The van der Waals surface area contributed by atoms with Crippen LogP contribution in [0, 0.1) is 24.0 Å². The molecule has 0 atom stereocenters. The molecule has 0 saturated carbocycles. The van der Waals surface area contributed by atoms with Gasteiger partial charge in [0.25, 0.3) is 0 Å². The smallest absolute Gasteiger partial charge is 0.222 e. The van der Waals surface area contributed by atoms with Gasteiger partial charge in [-0.25, -0.2) is 8.78 Å². The summed E-state index contributed by atoms with van der Waals surface area (Å²) in [6.07, 6.45) is 8.92. The van der Waals surface area contributed by atoms with Crippen molar-refractivity contribution in [1.82, 2.24) is 4.90 Å². The molecule has 1 aromatic rings. The van der Waals surface area contributed by atoms with Gasteiger partial charge in [0.2, 0.25) is 5.91 Å². The monoisotopic (exact) mass is 320 g/mol. The molecule has 0 N–H and O–H groups in total. The maximum absolute atomic E-state index is 13.4. The van der Waals surface area contributed by atoms with Gasteiger partial charge in [0.15, 0.2) is 11.6 Å². The first-order chi connectivity index (χ1) is 11.1. The maximum Gasteiger partial charge on any atom is 0.222 e. The fraction of sp³-hybridized carbons (Fsp3) is 0.500. The summed E-state index contributed by atoms with van der Waals surface area (Å²) in [7, 11) is 0. The quantitative estimate of drug-likeness (QED) is 0.614. The molecule has 1 heterocycles. The molecule has 0 radical (unpaired) electrons. The molecular formula is C18H22F2N2O. The normalized spacial score (nSPS) is 15.2. The Morgan fingerprint density at radius 3 is 2.70 bits per heavy atom. The summed E-state index contributed by atoms with van der Waals surface area (Å²) < 4.78 is 26.4. The van der Waals surface area contributed by atoms with Gasteiger partial charge in [-0.1, -0.05) is 0 Å². The van der Waals surface area contributed by atoms with Crippen LogP contribution in [0.1, 0.15) is 32.1 Å². The average Bonchev–Trinajstić information content (AvgIpc) is 2.80. The van der Waals surface area contributed by atoms with Crippen molar-refractivity contribution < 1.29 is 13.6 Å². The van der Waals surface area contributed by atoms with Gasteiger partial charge < -0.3 is 9.80 Å². The van der Waals surface area contributed by atoms with Crippen molar-refractivity contribution >= 4 is 11.6 Å². The van der Waals surface area contributed by atoms with Crippen LogP contribution in [-0.4, -0.2) is 37.0 Å². The second kappa shape index (κ2) is 8.52. The van der Waals surface area contributed by atoms with Gasteiger partial charge in [0, 0.05) is 50.8 Å². The average molecular weight is 320 g/mol. The summed E-state index contributed by atoms with van der Waals surface area (Å²) in [6, 6.07) is 3.94. The van der Waals surface area contributed by atoms with Crippen LogP contribution in [0.15, 0.2) is 18.2 Å². The van der Waals surface area contributed by atoms with Gasteiger partial charge in [-0.15, -0.1) is 12.3 Å². The zero-order chi connectivity index (χ0) is 16.7. The molecule has 1 saturated heterocycles. The van der Waals surface area contributed by atoms with Crippen LogP contribution in [0.5, 0.6) is 0 Å². The molecule has 5 heteroatoms. The van der Waals surface area contributed by atoms with E-state index >= 15 is 0 Å². The number of terminal acetylenes is 1. The molecule has 1 aliphatic rings. The van der Waals surface area contributed by atoms with Crippen LogP contribution >= 0.6 is 0 Å². The Balaban J connectivity index is 1.87. The number of rotatable bonds is 5. The van der Waals surface area contributed by atoms with Crippen molar-refractivity contribution in [3.63, 3.8) is 0 Å². The van der Waals surface area contributed by atoms with E-state index in [0.717, 1.165) is 31.9 Å². The van der Waals surface area contributed by atoms with Crippen molar-refractivity contribution in [3.05, 3.63) is 29.8 Å². The summed E-state index contributed by atoms with van der Waals surface area (Å²) >= 11 is 0. The van der Waals surface area contributed by atoms with E-state index in [2.05, 4.69) is 5.92 Å². The Hall–Kier alpha value is -2.09. The number of unbranched alkanes of at least 4 members (excludes halogenated alkanes) is 2. The minimum atomic E-state index is -0.840. The summed E-state index contributed by atoms with van der Waals surface area (Å²) in [5, 5.41) is 0. The SMILES string of the molecule is C#CCCCCC(=O)N1CCCN(c2ccc(F)c(F)c2)CC1. The third-order valence-corrected chi connectivity index (χ3v) is 4.08. The predicted molar refractivity (Wildman–Crippen MR) is 87.1 cm³/mol. The van der Waals surface area contributed by atoms with Gasteiger partial charge >= 0.3 is 0 Å². The standard InChI is InChI=1S/C18H22F2N2O/c1-2-3-4-5-7-18(23)22-11-6-10-21(12-13-22)15-8-9-16(19)17(20)14-15/h1,8-9,14H,3-7,10-13H2. The molecule has 3 nitrogen and oxygen atoms in total. The largest absolute Gasteiger partial charge is 0.370 e. The zero-order valence-corrected chi connectivity index (χ0v) is 13.2. The number of amides is 1. The van der Waals surface area contributed by atoms with E-state index in [1.807, 2.05) is 9.80 Å². The molecule has 0 aromatic heterocycles. The van der Waals surface area contributed by atoms with E-state index in [-0.39, 0.29) is 5.91 Å². The van der Waals surface area contributed by atoms with Crippen LogP contribution in [-0.2, 0) is 4.79 Å². The Morgan fingerprint density at radius 2 is 1.96 bits per heavy atom. The molecule has 0 spiro atoms. The second-order valence-electron chi connectivity index (χ2n) is 5.73. The fourth-order valence-corrected chi connectivity index (χ4v) is 2.77. The molecule has 0 bridgehead atoms. The molecular weight excluding hydrogens is 298 g/mol. The Bertz CT molecular complexity index is 583. The van der Waals surface area contributed by atoms with Crippen LogP contribution in [0.3, 0.4) is 0 Å². The second-order valence-corrected chi connectivity index (χ2v) is 5.73. The van der Waals surface area contributed by atoms with E-state index in [1.165, 1.54) is 6.07 Å². The number of carbonyl (C=O) groups is 1. The maximum atomic E-state index is 13.4. The van der Waals surface area contributed by atoms with E-state index in [1.54, 1.807) is 6.07 Å². The first-order valence-electron chi connectivity index (χ1n) is 8.03. The van der Waals surface area contributed by atoms with E-state index < -0.39 is 11.6 Å². The number of carbonyl (C=O) groups excluding carboxylic acids is 1. The lowest BCUT2D eigenvalue weighted by Crippen LogP contribution is -2.35. The zero-order valence-electron chi connectivity index (χ0n) is 13.2. The summed E-state index contributed by atoms with van der Waals surface area (Å²) in [6.45, 7) is 2.66. The molecule has 23 heavy (non-hydrogen) atoms. The van der Waals surface area contributed by atoms with Gasteiger partial charge in [-0.2, -0.15) is 0 Å². The third-order valence-electron chi connectivity index (χ3n) is 4.08. The lowest BCUT2D eigenvalue weighted by atomic mass is 10.2. The summed E-state index contributed by atoms with van der Waals surface area (Å²) in [4.78, 5) is 16.1. The molecule has 1 amide bonds. The lowest BCUT2D eigenvalue weighted by molar-refractivity contribution is -0.131. The molecule has 0 aliphatic carbocycles. The van der Waals surface area contributed by atoms with Crippen LogP contribution in [0.25, 0.3) is 0 Å². The molecule has 2 rings (SSSR count). The first-order valence-corrected chi connectivity index (χ1v) is 8.03. The van der Waals surface area contributed by atoms with E-state index in [0.29, 0.717) is 38.2 Å². The molecule has 1 aliphatic heterocycles. The van der Waals surface area contributed by atoms with Crippen molar-refractivity contribution in [1.29, 1.82) is 0 Å². The van der Waals surface area contributed by atoms with Gasteiger partial charge in [0.05, 0.1) is 0 Å². The Morgan fingerprint density at radius 1 is 1.13 bits per heavy atom. The summed E-state index contributed by atoms with van der Waals surface area (Å²) in [5.74, 6) is 1.04. The number of hydrogen-bond acceptors (Lipinski definition) is 2. The highest BCUT2D eigenvalue weighted by molar-refractivity contribution is 5.76. The van der Waals surface area contributed by atoms with Crippen LogP contribution in [0.2, 0.25) is 0 Å².